The predicted octanol–water partition coefficient (Wildman–Crippen LogP) is 1.49. The number of aryl methyl sites for hydroxylation is 1. The second kappa shape index (κ2) is 4.84. The van der Waals surface area contributed by atoms with E-state index in [-0.39, 0.29) is 10.9 Å². The fraction of sp³-hybridized carbons (Fsp3) is 0.556. The van der Waals surface area contributed by atoms with E-state index in [4.69, 9.17) is 18.0 Å². The van der Waals surface area contributed by atoms with Crippen LogP contribution in [0.15, 0.2) is 0 Å². The maximum absolute atomic E-state index is 12.0. The van der Waals surface area contributed by atoms with Crippen LogP contribution < -0.4 is 11.1 Å². The zero-order chi connectivity index (χ0) is 12.3. The van der Waals surface area contributed by atoms with E-state index in [1.165, 1.54) is 11.3 Å². The minimum atomic E-state index is -0.838. The lowest BCUT2D eigenvalue weighted by Crippen LogP contribution is -2.43. The number of nitrogens with two attached hydrogens (primary N) is 1. The molecule has 16 heavy (non-hydrogen) atoms. The molecule has 1 aromatic rings. The summed E-state index contributed by atoms with van der Waals surface area (Å²) in [5.41, 5.74) is 4.74. The molecule has 5 nitrogen and oxygen atoms in total. The predicted molar refractivity (Wildman–Crippen MR) is 68.5 cm³/mol. The van der Waals surface area contributed by atoms with Gasteiger partial charge >= 0.3 is 0 Å². The summed E-state index contributed by atoms with van der Waals surface area (Å²) in [6.07, 6.45) is 0.548. The Labute approximate surface area is 103 Å². The Morgan fingerprint density at radius 3 is 2.62 bits per heavy atom. The molecule has 0 bridgehead atoms. The third-order valence-electron chi connectivity index (χ3n) is 2.50. The first-order valence-electron chi connectivity index (χ1n) is 4.81. The van der Waals surface area contributed by atoms with Gasteiger partial charge in [0.2, 0.25) is 11.0 Å². The number of nitrogens with zero attached hydrogens (tertiary/aromatic N) is 2. The molecule has 0 fully saturated rings. The van der Waals surface area contributed by atoms with E-state index < -0.39 is 5.41 Å². The number of rotatable bonds is 4. The molecule has 0 aliphatic rings. The lowest BCUT2D eigenvalue weighted by atomic mass is 9.86. The second-order valence-corrected chi connectivity index (χ2v) is 5.25. The van der Waals surface area contributed by atoms with E-state index in [0.717, 1.165) is 5.01 Å². The van der Waals surface area contributed by atoms with Gasteiger partial charge in [-0.1, -0.05) is 30.5 Å². The first-order valence-corrected chi connectivity index (χ1v) is 6.04. The molecule has 0 saturated carbocycles. The van der Waals surface area contributed by atoms with Crippen LogP contribution in [0.2, 0.25) is 0 Å². The molecule has 1 unspecified atom stereocenters. The Balaban J connectivity index is 2.82. The van der Waals surface area contributed by atoms with Crippen LogP contribution in [0.25, 0.3) is 0 Å². The molecule has 0 aromatic carbocycles. The van der Waals surface area contributed by atoms with E-state index >= 15 is 0 Å². The number of hydrogen-bond acceptors (Lipinski definition) is 5. The lowest BCUT2D eigenvalue weighted by molar-refractivity contribution is -0.121. The number of carbonyl (C=O) groups is 1. The first kappa shape index (κ1) is 13.0. The zero-order valence-electron chi connectivity index (χ0n) is 9.40. The normalized spacial score (nSPS) is 14.2. The fourth-order valence-electron chi connectivity index (χ4n) is 1.03. The second-order valence-electron chi connectivity index (χ2n) is 3.63. The molecular weight excluding hydrogens is 244 g/mol. The van der Waals surface area contributed by atoms with Crippen molar-refractivity contribution < 1.29 is 4.79 Å². The number of amides is 1. The fourth-order valence-corrected chi connectivity index (χ4v) is 1.85. The molecule has 0 spiro atoms. The molecule has 1 rings (SSSR count). The van der Waals surface area contributed by atoms with E-state index in [9.17, 15) is 4.79 Å². The minimum absolute atomic E-state index is 0.189. The zero-order valence-corrected chi connectivity index (χ0v) is 11.0. The van der Waals surface area contributed by atoms with E-state index in [2.05, 4.69) is 15.5 Å². The van der Waals surface area contributed by atoms with Crippen LogP contribution in [0.5, 0.6) is 0 Å². The van der Waals surface area contributed by atoms with Crippen LogP contribution in [0, 0.1) is 12.3 Å². The van der Waals surface area contributed by atoms with Gasteiger partial charge in [0.25, 0.3) is 0 Å². The Bertz CT molecular complexity index is 417. The monoisotopic (exact) mass is 258 g/mol. The van der Waals surface area contributed by atoms with Crippen molar-refractivity contribution in [3.8, 4) is 0 Å². The van der Waals surface area contributed by atoms with Gasteiger partial charge in [0, 0.05) is 0 Å². The van der Waals surface area contributed by atoms with Crippen LogP contribution in [0.3, 0.4) is 0 Å². The maximum Gasteiger partial charge on any atom is 0.238 e. The number of nitrogens with one attached hydrogen (secondary N) is 1. The van der Waals surface area contributed by atoms with Crippen molar-refractivity contribution in [1.29, 1.82) is 0 Å². The van der Waals surface area contributed by atoms with Gasteiger partial charge in [-0.05, 0) is 20.3 Å². The number of anilines is 1. The van der Waals surface area contributed by atoms with Crippen molar-refractivity contribution in [2.75, 3.05) is 5.32 Å². The van der Waals surface area contributed by atoms with Crippen molar-refractivity contribution >= 4 is 39.6 Å². The van der Waals surface area contributed by atoms with Crippen molar-refractivity contribution in [1.82, 2.24) is 10.2 Å². The standard InChI is InChI=1S/C9H14N4OS2/c1-4-9(3,6(10)15)7(14)11-8-13-12-5(2)16-8/h4H2,1-3H3,(H2,10,15)(H,11,13,14). The molecule has 0 aliphatic heterocycles. The maximum atomic E-state index is 12.0. The summed E-state index contributed by atoms with van der Waals surface area (Å²) < 4.78 is 0. The average Bonchev–Trinajstić information content (AvgIpc) is 2.62. The van der Waals surface area contributed by atoms with Gasteiger partial charge in [-0.3, -0.25) is 10.1 Å². The Hall–Kier alpha value is -1.08. The molecule has 1 aromatic heterocycles. The highest BCUT2D eigenvalue weighted by Crippen LogP contribution is 2.24. The number of carbonyl (C=O) groups excluding carboxylic acids is 1. The van der Waals surface area contributed by atoms with E-state index in [1.807, 2.05) is 13.8 Å². The van der Waals surface area contributed by atoms with Crippen LogP contribution >= 0.6 is 23.6 Å². The molecule has 7 heteroatoms. The highest BCUT2D eigenvalue weighted by molar-refractivity contribution is 7.80. The highest BCUT2D eigenvalue weighted by Gasteiger charge is 2.35. The van der Waals surface area contributed by atoms with Crippen LogP contribution in [-0.2, 0) is 4.79 Å². The molecular formula is C9H14N4OS2. The molecule has 88 valence electrons. The van der Waals surface area contributed by atoms with Crippen LogP contribution in [-0.4, -0.2) is 21.1 Å². The third-order valence-corrected chi connectivity index (χ3v) is 3.70. The minimum Gasteiger partial charge on any atom is -0.392 e. The van der Waals surface area contributed by atoms with Gasteiger partial charge in [-0.15, -0.1) is 10.2 Å². The summed E-state index contributed by atoms with van der Waals surface area (Å²) in [6, 6.07) is 0. The Morgan fingerprint density at radius 2 is 2.25 bits per heavy atom. The van der Waals surface area contributed by atoms with Crippen molar-refractivity contribution in [3.05, 3.63) is 5.01 Å². The van der Waals surface area contributed by atoms with Crippen molar-refractivity contribution in [2.24, 2.45) is 11.1 Å². The van der Waals surface area contributed by atoms with Gasteiger partial charge in [0.05, 0.1) is 10.4 Å². The summed E-state index contributed by atoms with van der Waals surface area (Å²) in [7, 11) is 0. The summed E-state index contributed by atoms with van der Waals surface area (Å²) in [5.74, 6) is -0.237. The Morgan fingerprint density at radius 1 is 1.62 bits per heavy atom. The molecule has 0 radical (unpaired) electrons. The van der Waals surface area contributed by atoms with Crippen LogP contribution in [0.1, 0.15) is 25.3 Å². The average molecular weight is 258 g/mol. The largest absolute Gasteiger partial charge is 0.392 e. The number of aromatic nitrogens is 2. The van der Waals surface area contributed by atoms with Gasteiger partial charge in [0.1, 0.15) is 5.01 Å². The smallest absolute Gasteiger partial charge is 0.238 e. The molecule has 1 heterocycles. The molecule has 1 atom stereocenters. The van der Waals surface area contributed by atoms with Crippen molar-refractivity contribution in [2.45, 2.75) is 27.2 Å². The third kappa shape index (κ3) is 2.53. The number of thiocarbonyl (C=S) groups is 1. The molecule has 0 saturated heterocycles. The molecule has 1 amide bonds. The SMILES string of the molecule is CCC(C)(C(=O)Nc1nnc(C)s1)C(N)=S. The quantitative estimate of drug-likeness (QED) is 0.800. The summed E-state index contributed by atoms with van der Waals surface area (Å²) in [4.78, 5) is 12.2. The topological polar surface area (TPSA) is 80.9 Å². The lowest BCUT2D eigenvalue weighted by Gasteiger charge is -2.24. The van der Waals surface area contributed by atoms with Gasteiger partial charge in [0.15, 0.2) is 0 Å². The van der Waals surface area contributed by atoms with E-state index in [1.54, 1.807) is 6.92 Å². The van der Waals surface area contributed by atoms with Gasteiger partial charge < -0.3 is 5.73 Å². The summed E-state index contributed by atoms with van der Waals surface area (Å²) >= 11 is 6.23. The van der Waals surface area contributed by atoms with Gasteiger partial charge in [-0.2, -0.15) is 0 Å². The Kier molecular flexibility index (Phi) is 3.93. The highest BCUT2D eigenvalue weighted by atomic mass is 32.1. The molecule has 0 aliphatic carbocycles. The van der Waals surface area contributed by atoms with E-state index in [0.29, 0.717) is 11.6 Å². The number of hydrogen-bond donors (Lipinski definition) is 2. The summed E-state index contributed by atoms with van der Waals surface area (Å²) in [6.45, 7) is 5.41. The van der Waals surface area contributed by atoms with Crippen molar-refractivity contribution in [3.63, 3.8) is 0 Å². The van der Waals surface area contributed by atoms with Gasteiger partial charge in [-0.25, -0.2) is 0 Å². The van der Waals surface area contributed by atoms with Crippen LogP contribution in [0.4, 0.5) is 5.13 Å². The molecule has 3 N–H and O–H groups in total. The summed E-state index contributed by atoms with van der Waals surface area (Å²) in [5, 5.41) is 11.6. The first-order chi connectivity index (χ1) is 7.40.